The summed E-state index contributed by atoms with van der Waals surface area (Å²) in [6.07, 6.45) is 2.86. The standard InChI is InChI=1S/C23H23N/c1-18(2)21-14-12-20(13-15-21)17-24-23-11-7-6-10-22(23)16-19-8-4-3-5-9-19/h3-15,17-18H,16H2,1-2H3. The Labute approximate surface area is 144 Å². The molecule has 1 heteroatoms. The van der Waals surface area contributed by atoms with Crippen LogP contribution in [0.4, 0.5) is 5.69 Å². The Kier molecular flexibility index (Phi) is 5.22. The summed E-state index contributed by atoms with van der Waals surface area (Å²) in [7, 11) is 0. The fourth-order valence-electron chi connectivity index (χ4n) is 2.71. The zero-order chi connectivity index (χ0) is 16.8. The summed E-state index contributed by atoms with van der Waals surface area (Å²) in [5.74, 6) is 0.558. The van der Waals surface area contributed by atoms with Crippen LogP contribution in [0.25, 0.3) is 0 Å². The molecule has 0 unspecified atom stereocenters. The summed E-state index contributed by atoms with van der Waals surface area (Å²) in [5.41, 5.74) is 6.08. The molecular weight excluding hydrogens is 290 g/mol. The van der Waals surface area contributed by atoms with Crippen molar-refractivity contribution in [2.45, 2.75) is 26.2 Å². The van der Waals surface area contributed by atoms with Crippen LogP contribution in [0, 0.1) is 0 Å². The number of hydrogen-bond acceptors (Lipinski definition) is 1. The lowest BCUT2D eigenvalue weighted by atomic mass is 10.0. The van der Waals surface area contributed by atoms with E-state index < -0.39 is 0 Å². The third-order valence-corrected chi connectivity index (χ3v) is 4.18. The van der Waals surface area contributed by atoms with E-state index in [4.69, 9.17) is 4.99 Å². The Bertz CT molecular complexity index is 799. The maximum Gasteiger partial charge on any atom is 0.0665 e. The highest BCUT2D eigenvalue weighted by Crippen LogP contribution is 2.22. The summed E-state index contributed by atoms with van der Waals surface area (Å²) < 4.78 is 0. The van der Waals surface area contributed by atoms with Gasteiger partial charge in [-0.1, -0.05) is 86.6 Å². The van der Waals surface area contributed by atoms with Crippen molar-refractivity contribution >= 4 is 11.9 Å². The average Bonchev–Trinajstić information content (AvgIpc) is 2.62. The second kappa shape index (κ2) is 7.74. The third kappa shape index (κ3) is 4.20. The minimum Gasteiger partial charge on any atom is -0.256 e. The summed E-state index contributed by atoms with van der Waals surface area (Å²) in [5, 5.41) is 0. The molecule has 120 valence electrons. The van der Waals surface area contributed by atoms with Crippen molar-refractivity contribution in [3.05, 3.63) is 101 Å². The highest BCUT2D eigenvalue weighted by molar-refractivity contribution is 5.82. The van der Waals surface area contributed by atoms with Gasteiger partial charge in [0.2, 0.25) is 0 Å². The number of benzene rings is 3. The van der Waals surface area contributed by atoms with Crippen molar-refractivity contribution in [3.8, 4) is 0 Å². The molecule has 0 amide bonds. The zero-order valence-corrected chi connectivity index (χ0v) is 14.3. The number of hydrogen-bond donors (Lipinski definition) is 0. The minimum absolute atomic E-state index is 0.558. The van der Waals surface area contributed by atoms with E-state index in [9.17, 15) is 0 Å². The van der Waals surface area contributed by atoms with Crippen LogP contribution < -0.4 is 0 Å². The van der Waals surface area contributed by atoms with Crippen molar-refractivity contribution < 1.29 is 0 Å². The van der Waals surface area contributed by atoms with Crippen molar-refractivity contribution in [2.75, 3.05) is 0 Å². The molecule has 0 aromatic heterocycles. The largest absolute Gasteiger partial charge is 0.256 e. The second-order valence-electron chi connectivity index (χ2n) is 6.37. The van der Waals surface area contributed by atoms with Gasteiger partial charge in [0.25, 0.3) is 0 Å². The first-order valence-electron chi connectivity index (χ1n) is 8.48. The van der Waals surface area contributed by atoms with Crippen LogP contribution in [0.15, 0.2) is 83.9 Å². The van der Waals surface area contributed by atoms with Gasteiger partial charge in [-0.25, -0.2) is 0 Å². The molecule has 0 heterocycles. The van der Waals surface area contributed by atoms with Crippen LogP contribution >= 0.6 is 0 Å². The van der Waals surface area contributed by atoms with Gasteiger partial charge < -0.3 is 0 Å². The van der Waals surface area contributed by atoms with Crippen LogP contribution in [0.5, 0.6) is 0 Å². The van der Waals surface area contributed by atoms with Crippen LogP contribution in [0.1, 0.15) is 42.0 Å². The lowest BCUT2D eigenvalue weighted by Crippen LogP contribution is -1.90. The molecule has 0 bridgehead atoms. The molecule has 3 aromatic carbocycles. The van der Waals surface area contributed by atoms with E-state index in [1.807, 2.05) is 18.3 Å². The molecule has 0 atom stereocenters. The minimum atomic E-state index is 0.558. The highest BCUT2D eigenvalue weighted by Gasteiger charge is 2.02. The number of nitrogens with zero attached hydrogens (tertiary/aromatic N) is 1. The van der Waals surface area contributed by atoms with E-state index in [1.165, 1.54) is 16.7 Å². The predicted molar refractivity (Wildman–Crippen MR) is 103 cm³/mol. The van der Waals surface area contributed by atoms with Crippen LogP contribution in [-0.2, 0) is 6.42 Å². The summed E-state index contributed by atoms with van der Waals surface area (Å²) in [6.45, 7) is 4.42. The molecular formula is C23H23N. The monoisotopic (exact) mass is 313 g/mol. The normalized spacial score (nSPS) is 11.3. The van der Waals surface area contributed by atoms with Gasteiger partial charge in [0.1, 0.15) is 0 Å². The smallest absolute Gasteiger partial charge is 0.0665 e. The highest BCUT2D eigenvalue weighted by atomic mass is 14.7. The molecule has 0 fully saturated rings. The molecule has 0 saturated carbocycles. The Balaban J connectivity index is 1.79. The van der Waals surface area contributed by atoms with E-state index in [0.717, 1.165) is 17.7 Å². The fourth-order valence-corrected chi connectivity index (χ4v) is 2.71. The molecule has 0 spiro atoms. The van der Waals surface area contributed by atoms with Gasteiger partial charge in [-0.15, -0.1) is 0 Å². The third-order valence-electron chi connectivity index (χ3n) is 4.18. The Morgan fingerprint density at radius 2 is 1.46 bits per heavy atom. The first kappa shape index (κ1) is 16.2. The van der Waals surface area contributed by atoms with E-state index in [0.29, 0.717) is 5.92 Å². The Morgan fingerprint density at radius 3 is 2.17 bits per heavy atom. The topological polar surface area (TPSA) is 12.4 Å². The quantitative estimate of drug-likeness (QED) is 0.501. The molecule has 1 nitrogen and oxygen atoms in total. The Hall–Kier alpha value is -2.67. The predicted octanol–water partition coefficient (Wildman–Crippen LogP) is 6.15. The van der Waals surface area contributed by atoms with Gasteiger partial charge in [-0.2, -0.15) is 0 Å². The molecule has 3 rings (SSSR count). The number of para-hydroxylation sites is 1. The van der Waals surface area contributed by atoms with Gasteiger partial charge in [-0.3, -0.25) is 4.99 Å². The maximum atomic E-state index is 4.72. The SMILES string of the molecule is CC(C)c1ccc(C=Nc2ccccc2Cc2ccccc2)cc1. The van der Waals surface area contributed by atoms with Gasteiger partial charge >= 0.3 is 0 Å². The molecule has 0 aliphatic rings. The van der Waals surface area contributed by atoms with Gasteiger partial charge in [0.05, 0.1) is 5.69 Å². The number of aliphatic imine (C=N–C) groups is 1. The molecule has 0 radical (unpaired) electrons. The molecule has 0 aliphatic carbocycles. The number of rotatable bonds is 5. The summed E-state index contributed by atoms with van der Waals surface area (Å²) >= 11 is 0. The maximum absolute atomic E-state index is 4.72. The van der Waals surface area contributed by atoms with E-state index in [1.54, 1.807) is 0 Å². The van der Waals surface area contributed by atoms with E-state index in [2.05, 4.69) is 80.6 Å². The first-order chi connectivity index (χ1) is 11.7. The average molecular weight is 313 g/mol. The van der Waals surface area contributed by atoms with E-state index in [-0.39, 0.29) is 0 Å². The van der Waals surface area contributed by atoms with Gasteiger partial charge in [0.15, 0.2) is 0 Å². The zero-order valence-electron chi connectivity index (χ0n) is 14.3. The van der Waals surface area contributed by atoms with Gasteiger partial charge in [0, 0.05) is 6.21 Å². The molecule has 0 saturated heterocycles. The summed E-state index contributed by atoms with van der Waals surface area (Å²) in [4.78, 5) is 4.72. The van der Waals surface area contributed by atoms with Crippen molar-refractivity contribution in [1.29, 1.82) is 0 Å². The van der Waals surface area contributed by atoms with Crippen LogP contribution in [0.3, 0.4) is 0 Å². The van der Waals surface area contributed by atoms with Crippen molar-refractivity contribution in [3.63, 3.8) is 0 Å². The van der Waals surface area contributed by atoms with E-state index >= 15 is 0 Å². The molecule has 3 aromatic rings. The Morgan fingerprint density at radius 1 is 0.792 bits per heavy atom. The first-order valence-corrected chi connectivity index (χ1v) is 8.48. The molecule has 0 aliphatic heterocycles. The molecule has 24 heavy (non-hydrogen) atoms. The lowest BCUT2D eigenvalue weighted by Gasteiger charge is -2.06. The van der Waals surface area contributed by atoms with Crippen molar-refractivity contribution in [1.82, 2.24) is 0 Å². The summed E-state index contributed by atoms with van der Waals surface area (Å²) in [6, 6.07) is 27.5. The van der Waals surface area contributed by atoms with Crippen molar-refractivity contribution in [2.24, 2.45) is 4.99 Å². The fraction of sp³-hybridized carbons (Fsp3) is 0.174. The molecule has 0 N–H and O–H groups in total. The van der Waals surface area contributed by atoms with Crippen LogP contribution in [-0.4, -0.2) is 6.21 Å². The van der Waals surface area contributed by atoms with Gasteiger partial charge in [-0.05, 0) is 40.7 Å². The lowest BCUT2D eigenvalue weighted by molar-refractivity contribution is 0.866. The van der Waals surface area contributed by atoms with Crippen LogP contribution in [0.2, 0.25) is 0 Å². The second-order valence-corrected chi connectivity index (χ2v) is 6.37.